The number of aliphatic hydroxyl groups excluding tert-OH is 3. The second-order valence-electron chi connectivity index (χ2n) is 18.6. The van der Waals surface area contributed by atoms with E-state index in [0.717, 1.165) is 29.4 Å². The number of likely N-dealkylation sites (N-methyl/N-ethyl adjacent to an activating group) is 1. The highest BCUT2D eigenvalue weighted by atomic mass is 16.5. The standard InChI is InChI=1S/C42H59NO9/c1-22(2)23-9-10-29-32(46)11-14-39(21-45)33-12-13-38(3)35-26(19-40(38,49)42(33,51)37(48)30(16-23)41(29,39)50)15-27(36-28(35)18-34(47)52-36)31(43-4)17-24-7-5-6-8-25(24)20-44/h5-8,18,21-23,26-27,29-33,35-37,43-44,46,48-51H,9-17,19-20H2,1-4H3/t23-,26-,27-,29+,30+,31+,32-,33+,35+,36-,37+,38-,39+,40+,41+,42-/m0/s1. The van der Waals surface area contributed by atoms with E-state index in [0.29, 0.717) is 44.9 Å². The van der Waals surface area contributed by atoms with Gasteiger partial charge in [-0.3, -0.25) is 0 Å². The van der Waals surface area contributed by atoms with Crippen LogP contribution in [-0.2, 0) is 27.4 Å². The molecule has 10 nitrogen and oxygen atoms in total. The summed E-state index contributed by atoms with van der Waals surface area (Å²) < 4.78 is 6.09. The summed E-state index contributed by atoms with van der Waals surface area (Å²) in [4.78, 5) is 26.9. The average molecular weight is 722 g/mol. The van der Waals surface area contributed by atoms with Gasteiger partial charge in [-0.25, -0.2) is 4.79 Å². The van der Waals surface area contributed by atoms with Crippen molar-refractivity contribution < 1.29 is 45.0 Å². The van der Waals surface area contributed by atoms with Crippen LogP contribution in [0.4, 0.5) is 0 Å². The van der Waals surface area contributed by atoms with Gasteiger partial charge < -0.3 is 45.5 Å². The number of rotatable bonds is 7. The molecule has 1 aliphatic heterocycles. The fraction of sp³-hybridized carbons (Fsp3) is 0.762. The minimum atomic E-state index is -2.13. The van der Waals surface area contributed by atoms with Crippen LogP contribution < -0.4 is 5.32 Å². The van der Waals surface area contributed by atoms with Gasteiger partial charge in [0.05, 0.1) is 29.8 Å². The van der Waals surface area contributed by atoms with Crippen LogP contribution in [0.1, 0.15) is 89.7 Å². The minimum absolute atomic E-state index is 0.0875. The zero-order chi connectivity index (χ0) is 37.2. The van der Waals surface area contributed by atoms with Gasteiger partial charge in [-0.15, -0.1) is 0 Å². The third kappa shape index (κ3) is 4.49. The molecule has 0 aromatic heterocycles. The molecule has 1 heterocycles. The van der Waals surface area contributed by atoms with Crippen LogP contribution in [0, 0.1) is 58.2 Å². The lowest BCUT2D eigenvalue weighted by molar-refractivity contribution is -0.373. The number of esters is 1. The summed E-state index contributed by atoms with van der Waals surface area (Å²) in [5.41, 5.74) is -5.50. The third-order valence-electron chi connectivity index (χ3n) is 16.8. The molecular weight excluding hydrogens is 662 g/mol. The molecule has 0 amide bonds. The van der Waals surface area contributed by atoms with Crippen LogP contribution in [0.25, 0.3) is 0 Å². The van der Waals surface area contributed by atoms with E-state index in [4.69, 9.17) is 4.74 Å². The van der Waals surface area contributed by atoms with Gasteiger partial charge in [0.2, 0.25) is 0 Å². The molecule has 6 saturated carbocycles. The average Bonchev–Trinajstić information content (AvgIpc) is 3.55. The molecular formula is C42H59NO9. The molecule has 6 fully saturated rings. The number of hydrogen-bond donors (Lipinski definition) is 7. The highest BCUT2D eigenvalue weighted by Crippen LogP contribution is 2.76. The molecule has 6 aliphatic carbocycles. The Hall–Kier alpha value is -2.18. The van der Waals surface area contributed by atoms with Crippen molar-refractivity contribution in [1.29, 1.82) is 0 Å². The van der Waals surface area contributed by atoms with Crippen molar-refractivity contribution in [2.45, 2.75) is 133 Å². The number of aliphatic hydroxyl groups is 6. The van der Waals surface area contributed by atoms with Crippen LogP contribution in [0.15, 0.2) is 35.9 Å². The molecule has 1 aromatic rings. The summed E-state index contributed by atoms with van der Waals surface area (Å²) in [6, 6.07) is 7.63. The maximum absolute atomic E-state index is 13.7. The first-order valence-electron chi connectivity index (χ1n) is 19.9. The second kappa shape index (κ2) is 12.4. The number of carbonyl (C=O) groups is 2. The molecule has 7 N–H and O–H groups in total. The first-order valence-corrected chi connectivity index (χ1v) is 19.9. The fourth-order valence-electron chi connectivity index (χ4n) is 14.4. The van der Waals surface area contributed by atoms with Gasteiger partial charge in [0, 0.05) is 41.2 Å². The lowest BCUT2D eigenvalue weighted by Gasteiger charge is -2.72. The Morgan fingerprint density at radius 2 is 1.71 bits per heavy atom. The van der Waals surface area contributed by atoms with Crippen molar-refractivity contribution in [2.75, 3.05) is 7.05 Å². The minimum Gasteiger partial charge on any atom is -0.454 e. The predicted octanol–water partition coefficient (Wildman–Crippen LogP) is 2.83. The predicted molar refractivity (Wildman–Crippen MR) is 191 cm³/mol. The smallest absolute Gasteiger partial charge is 0.331 e. The Balaban J connectivity index is 1.23. The SMILES string of the molecule is CN[C@H](Cc1ccccc1CO)[C@@H]1C[C@H]2C[C@]3(O)[C@@]4(O)[C@H](O)[C@H]5C[C@@H](C(C)C)CC[C@@H]6[C@@H](O)CC[C@@](C=O)([C@H]4CC[C@@]3(C)[C@H]2C2=CC(=O)O[C@H]21)[C@]56O. The molecule has 0 unspecified atom stereocenters. The molecule has 0 radical (unpaired) electrons. The molecule has 1 aromatic carbocycles. The maximum Gasteiger partial charge on any atom is 0.331 e. The summed E-state index contributed by atoms with van der Waals surface area (Å²) >= 11 is 0. The quantitative estimate of drug-likeness (QED) is 0.164. The topological polar surface area (TPSA) is 177 Å². The third-order valence-corrected chi connectivity index (χ3v) is 16.8. The van der Waals surface area contributed by atoms with Crippen molar-refractivity contribution in [2.24, 2.45) is 58.2 Å². The molecule has 8 rings (SSSR count). The van der Waals surface area contributed by atoms with E-state index in [1.54, 1.807) is 6.08 Å². The zero-order valence-corrected chi connectivity index (χ0v) is 31.1. The van der Waals surface area contributed by atoms with Crippen molar-refractivity contribution in [3.63, 3.8) is 0 Å². The number of carbonyl (C=O) groups excluding carboxylic acids is 2. The van der Waals surface area contributed by atoms with E-state index in [9.17, 15) is 40.2 Å². The first kappa shape index (κ1) is 36.8. The highest BCUT2D eigenvalue weighted by Gasteiger charge is 2.84. The van der Waals surface area contributed by atoms with Crippen LogP contribution in [0.3, 0.4) is 0 Å². The Labute approximate surface area is 307 Å². The Morgan fingerprint density at radius 1 is 0.981 bits per heavy atom. The molecule has 0 saturated heterocycles. The normalized spacial score (nSPS) is 49.8. The van der Waals surface area contributed by atoms with Gasteiger partial charge in [0.15, 0.2) is 0 Å². The lowest BCUT2D eigenvalue weighted by atomic mass is 9.35. The lowest BCUT2D eigenvalue weighted by Crippen LogP contribution is -2.85. The molecule has 52 heavy (non-hydrogen) atoms. The zero-order valence-electron chi connectivity index (χ0n) is 31.1. The summed E-state index contributed by atoms with van der Waals surface area (Å²) in [6.07, 6.45) is 3.67. The first-order chi connectivity index (χ1) is 24.7. The van der Waals surface area contributed by atoms with Crippen LogP contribution >= 0.6 is 0 Å². The van der Waals surface area contributed by atoms with Gasteiger partial charge in [0.1, 0.15) is 23.6 Å². The van der Waals surface area contributed by atoms with Crippen molar-refractivity contribution in [3.8, 4) is 0 Å². The number of aldehydes is 1. The van der Waals surface area contributed by atoms with Gasteiger partial charge in [-0.05, 0) is 112 Å². The molecule has 286 valence electrons. The van der Waals surface area contributed by atoms with Gasteiger partial charge in [-0.2, -0.15) is 0 Å². The fourth-order valence-corrected chi connectivity index (χ4v) is 14.4. The van der Waals surface area contributed by atoms with Gasteiger partial charge >= 0.3 is 5.97 Å². The molecule has 0 spiro atoms. The second-order valence-corrected chi connectivity index (χ2v) is 18.6. The van der Waals surface area contributed by atoms with E-state index >= 15 is 0 Å². The number of fused-ring (bicyclic) bond motifs is 8. The van der Waals surface area contributed by atoms with Crippen LogP contribution in [0.2, 0.25) is 0 Å². The number of hydrogen-bond acceptors (Lipinski definition) is 10. The van der Waals surface area contributed by atoms with E-state index < -0.39 is 69.7 Å². The molecule has 7 aliphatic rings. The number of benzene rings is 1. The van der Waals surface area contributed by atoms with E-state index in [2.05, 4.69) is 19.2 Å². The molecule has 0 bridgehead atoms. The van der Waals surface area contributed by atoms with Crippen LogP contribution in [0.5, 0.6) is 0 Å². The Kier molecular flexibility index (Phi) is 8.78. The van der Waals surface area contributed by atoms with Crippen molar-refractivity contribution >= 4 is 12.3 Å². The van der Waals surface area contributed by atoms with E-state index in [1.807, 2.05) is 38.2 Å². The summed E-state index contributed by atoms with van der Waals surface area (Å²) in [6.45, 7) is 6.12. The Bertz CT molecular complexity index is 1630. The van der Waals surface area contributed by atoms with Crippen molar-refractivity contribution in [1.82, 2.24) is 5.32 Å². The van der Waals surface area contributed by atoms with Gasteiger partial charge in [0.25, 0.3) is 0 Å². The number of ether oxygens (including phenoxy) is 1. The highest BCUT2D eigenvalue weighted by molar-refractivity contribution is 5.86. The van der Waals surface area contributed by atoms with E-state index in [-0.39, 0.29) is 55.1 Å². The summed E-state index contributed by atoms with van der Waals surface area (Å²) in [5.74, 6) is -3.25. The van der Waals surface area contributed by atoms with Gasteiger partial charge in [-0.1, -0.05) is 45.0 Å². The largest absolute Gasteiger partial charge is 0.454 e. The molecule has 16 atom stereocenters. The number of nitrogens with one attached hydrogen (secondary N) is 1. The maximum atomic E-state index is 13.7. The van der Waals surface area contributed by atoms with E-state index in [1.165, 1.54) is 0 Å². The van der Waals surface area contributed by atoms with Crippen molar-refractivity contribution in [3.05, 3.63) is 47.0 Å². The molecule has 10 heteroatoms. The monoisotopic (exact) mass is 721 g/mol. The Morgan fingerprint density at radius 3 is 2.38 bits per heavy atom. The van der Waals surface area contributed by atoms with Crippen LogP contribution in [-0.4, -0.2) is 91.1 Å². The summed E-state index contributed by atoms with van der Waals surface area (Å²) in [5, 5.41) is 77.9. The summed E-state index contributed by atoms with van der Waals surface area (Å²) in [7, 11) is 1.89.